The molecule has 2 N–H and O–H groups in total. The number of aliphatic hydroxyl groups is 1. The summed E-state index contributed by atoms with van der Waals surface area (Å²) in [5.41, 5.74) is 0.656. The Morgan fingerprint density at radius 2 is 2.08 bits per heavy atom. The molecule has 2 aromatic rings. The lowest BCUT2D eigenvalue weighted by Gasteiger charge is -2.41. The molecule has 132 valence electrons. The molecule has 0 atom stereocenters. The molecular formula is C17H20FN5O2. The van der Waals surface area contributed by atoms with Gasteiger partial charge in [0.2, 0.25) is 12.4 Å². The van der Waals surface area contributed by atoms with E-state index in [9.17, 15) is 9.18 Å². The highest BCUT2D eigenvalue weighted by Gasteiger charge is 2.41. The first kappa shape index (κ1) is 17.2. The Bertz CT molecular complexity index is 721. The number of hydrogen-bond donors (Lipinski definition) is 2. The van der Waals surface area contributed by atoms with Crippen LogP contribution in [0.3, 0.4) is 0 Å². The van der Waals surface area contributed by atoms with Crippen LogP contribution < -0.4 is 10.2 Å². The molecule has 3 rings (SSSR count). The number of aromatic nitrogens is 3. The van der Waals surface area contributed by atoms with Crippen molar-refractivity contribution in [1.82, 2.24) is 15.0 Å². The Morgan fingerprint density at radius 1 is 1.32 bits per heavy atom. The monoisotopic (exact) mass is 345 g/mol. The predicted octanol–water partition coefficient (Wildman–Crippen LogP) is 1.50. The number of rotatable bonds is 8. The van der Waals surface area contributed by atoms with Crippen molar-refractivity contribution < 1.29 is 14.3 Å². The number of amides is 1. The van der Waals surface area contributed by atoms with E-state index in [2.05, 4.69) is 20.3 Å². The molecular weight excluding hydrogens is 325 g/mol. The van der Waals surface area contributed by atoms with Crippen molar-refractivity contribution in [3.63, 3.8) is 0 Å². The molecule has 0 unspecified atom stereocenters. The number of carbonyl (C=O) groups excluding carboxylic acids is 1. The molecule has 1 fully saturated rings. The lowest BCUT2D eigenvalue weighted by molar-refractivity contribution is -0.107. The van der Waals surface area contributed by atoms with Gasteiger partial charge in [-0.25, -0.2) is 14.4 Å². The topological polar surface area (TPSA) is 91.2 Å². The van der Waals surface area contributed by atoms with Gasteiger partial charge >= 0.3 is 0 Å². The van der Waals surface area contributed by atoms with Crippen LogP contribution in [0.5, 0.6) is 0 Å². The maximum Gasteiger partial charge on any atom is 0.222 e. The Balaban J connectivity index is 1.68. The maximum atomic E-state index is 14.1. The predicted molar refractivity (Wildman–Crippen MR) is 90.7 cm³/mol. The third kappa shape index (κ3) is 3.58. The molecule has 7 nitrogen and oxygen atoms in total. The minimum Gasteiger partial charge on any atom is -0.395 e. The Morgan fingerprint density at radius 3 is 2.64 bits per heavy atom. The number of aliphatic hydroxyl groups excluding tert-OH is 1. The van der Waals surface area contributed by atoms with Gasteiger partial charge in [-0.15, -0.1) is 0 Å². The highest BCUT2D eigenvalue weighted by Crippen LogP contribution is 2.43. The zero-order valence-corrected chi connectivity index (χ0v) is 13.7. The van der Waals surface area contributed by atoms with Crippen LogP contribution in [0.25, 0.3) is 0 Å². The second-order valence-electron chi connectivity index (χ2n) is 6.11. The summed E-state index contributed by atoms with van der Waals surface area (Å²) in [6.07, 6.45) is 8.01. The minimum atomic E-state index is -0.334. The van der Waals surface area contributed by atoms with E-state index < -0.39 is 0 Å². The third-order valence-electron chi connectivity index (χ3n) is 4.59. The van der Waals surface area contributed by atoms with Crippen LogP contribution in [0.1, 0.15) is 25.0 Å². The van der Waals surface area contributed by atoms with Gasteiger partial charge in [0.15, 0.2) is 0 Å². The van der Waals surface area contributed by atoms with Gasteiger partial charge in [-0.05, 0) is 25.0 Å². The summed E-state index contributed by atoms with van der Waals surface area (Å²) < 4.78 is 14.1. The standard InChI is InChI=1S/C17H20FN5O2/c18-14-3-1-6-19-15(14)17(4-2-5-17)11-22-16-20-9-13(10-21-16)23(12-25)7-8-24/h1,3,6,9-10,12,24H,2,4-5,7-8,11H2,(H,20,21,22). The number of pyridine rings is 1. The van der Waals surface area contributed by atoms with Crippen LogP contribution in [0.15, 0.2) is 30.7 Å². The van der Waals surface area contributed by atoms with E-state index in [4.69, 9.17) is 5.11 Å². The molecule has 2 aromatic heterocycles. The normalized spacial score (nSPS) is 15.3. The Hall–Kier alpha value is -2.61. The van der Waals surface area contributed by atoms with Crippen molar-refractivity contribution >= 4 is 18.0 Å². The van der Waals surface area contributed by atoms with E-state index in [1.54, 1.807) is 12.3 Å². The van der Waals surface area contributed by atoms with Gasteiger partial charge in [-0.2, -0.15) is 0 Å². The van der Waals surface area contributed by atoms with Crippen molar-refractivity contribution in [3.05, 3.63) is 42.2 Å². The summed E-state index contributed by atoms with van der Waals surface area (Å²) in [4.78, 5) is 24.9. The average molecular weight is 345 g/mol. The summed E-state index contributed by atoms with van der Waals surface area (Å²) in [6.45, 7) is 0.535. The second-order valence-corrected chi connectivity index (χ2v) is 6.11. The van der Waals surface area contributed by atoms with E-state index >= 15 is 0 Å². The summed E-state index contributed by atoms with van der Waals surface area (Å²) >= 11 is 0. The van der Waals surface area contributed by atoms with Gasteiger partial charge in [0.05, 0.1) is 30.4 Å². The molecule has 1 saturated carbocycles. The fourth-order valence-corrected chi connectivity index (χ4v) is 3.04. The van der Waals surface area contributed by atoms with Crippen molar-refractivity contribution in [1.29, 1.82) is 0 Å². The van der Waals surface area contributed by atoms with Crippen LogP contribution >= 0.6 is 0 Å². The lowest BCUT2D eigenvalue weighted by atomic mass is 9.66. The SMILES string of the molecule is O=CN(CCO)c1cnc(NCC2(c3ncccc3F)CCC2)nc1. The Kier molecular flexibility index (Phi) is 5.18. The molecule has 0 aromatic carbocycles. The molecule has 0 radical (unpaired) electrons. The Labute approximate surface area is 144 Å². The van der Waals surface area contributed by atoms with E-state index in [1.165, 1.54) is 23.4 Å². The molecule has 1 amide bonds. The van der Waals surface area contributed by atoms with E-state index in [0.29, 0.717) is 30.3 Å². The van der Waals surface area contributed by atoms with Gasteiger partial charge in [-0.1, -0.05) is 6.42 Å². The molecule has 0 spiro atoms. The van der Waals surface area contributed by atoms with Gasteiger partial charge in [0.1, 0.15) is 5.82 Å². The molecule has 2 heterocycles. The van der Waals surface area contributed by atoms with Gasteiger partial charge in [0, 0.05) is 24.7 Å². The van der Waals surface area contributed by atoms with Crippen molar-refractivity contribution in [3.8, 4) is 0 Å². The zero-order chi connectivity index (χ0) is 17.7. The van der Waals surface area contributed by atoms with E-state index in [-0.39, 0.29) is 24.4 Å². The van der Waals surface area contributed by atoms with Gasteiger partial charge in [-0.3, -0.25) is 9.78 Å². The van der Waals surface area contributed by atoms with Crippen LogP contribution in [0.2, 0.25) is 0 Å². The number of carbonyl (C=O) groups is 1. The number of hydrogen-bond acceptors (Lipinski definition) is 6. The number of nitrogens with one attached hydrogen (secondary N) is 1. The van der Waals surface area contributed by atoms with Crippen LogP contribution in [0.4, 0.5) is 16.0 Å². The summed E-state index contributed by atoms with van der Waals surface area (Å²) in [6, 6.07) is 3.02. The first-order chi connectivity index (χ1) is 12.2. The van der Waals surface area contributed by atoms with Crippen LogP contribution in [0, 0.1) is 5.82 Å². The smallest absolute Gasteiger partial charge is 0.222 e. The number of nitrogens with zero attached hydrogens (tertiary/aromatic N) is 4. The van der Waals surface area contributed by atoms with Gasteiger partial charge in [0.25, 0.3) is 0 Å². The van der Waals surface area contributed by atoms with Crippen molar-refractivity contribution in [2.75, 3.05) is 29.9 Å². The number of anilines is 2. The van der Waals surface area contributed by atoms with Crippen LogP contribution in [-0.2, 0) is 10.2 Å². The minimum absolute atomic E-state index is 0.142. The second kappa shape index (κ2) is 7.52. The fraction of sp³-hybridized carbons (Fsp3) is 0.412. The molecule has 8 heteroatoms. The van der Waals surface area contributed by atoms with Crippen LogP contribution in [-0.4, -0.2) is 46.2 Å². The van der Waals surface area contributed by atoms with Crippen molar-refractivity contribution in [2.45, 2.75) is 24.7 Å². The maximum absolute atomic E-state index is 14.1. The fourth-order valence-electron chi connectivity index (χ4n) is 3.04. The van der Waals surface area contributed by atoms with Crippen molar-refractivity contribution in [2.24, 2.45) is 0 Å². The number of halogens is 1. The molecule has 25 heavy (non-hydrogen) atoms. The third-order valence-corrected chi connectivity index (χ3v) is 4.59. The highest BCUT2D eigenvalue weighted by molar-refractivity contribution is 5.74. The summed E-state index contributed by atoms with van der Waals surface area (Å²) in [5, 5.41) is 12.1. The first-order valence-electron chi connectivity index (χ1n) is 8.18. The molecule has 1 aliphatic carbocycles. The zero-order valence-electron chi connectivity index (χ0n) is 13.7. The molecule has 0 bridgehead atoms. The summed E-state index contributed by atoms with van der Waals surface area (Å²) in [7, 11) is 0. The highest BCUT2D eigenvalue weighted by atomic mass is 19.1. The van der Waals surface area contributed by atoms with Gasteiger partial charge < -0.3 is 15.3 Å². The molecule has 0 aliphatic heterocycles. The average Bonchev–Trinajstić information content (AvgIpc) is 2.61. The summed E-state index contributed by atoms with van der Waals surface area (Å²) in [5.74, 6) is 0.118. The van der Waals surface area contributed by atoms with E-state index in [0.717, 1.165) is 19.3 Å². The van der Waals surface area contributed by atoms with E-state index in [1.807, 2.05) is 0 Å². The first-order valence-corrected chi connectivity index (χ1v) is 8.18. The quantitative estimate of drug-likeness (QED) is 0.705. The largest absolute Gasteiger partial charge is 0.395 e. The lowest BCUT2D eigenvalue weighted by Crippen LogP contribution is -2.42. The molecule has 0 saturated heterocycles. The molecule has 1 aliphatic rings.